The van der Waals surface area contributed by atoms with Gasteiger partial charge in [0.05, 0.1) is 6.61 Å². The molecule has 2 amide bonds. The van der Waals surface area contributed by atoms with Crippen molar-refractivity contribution in [2.24, 2.45) is 0 Å². The van der Waals surface area contributed by atoms with Crippen molar-refractivity contribution in [2.45, 2.75) is 12.6 Å². The Morgan fingerprint density at radius 1 is 1.07 bits per heavy atom. The summed E-state index contributed by atoms with van der Waals surface area (Å²) in [6.45, 7) is 0.269. The van der Waals surface area contributed by atoms with Gasteiger partial charge in [-0.1, -0.05) is 48.5 Å². The number of amides is 2. The monoisotopic (exact) mass is 378 g/mol. The average molecular weight is 378 g/mol. The molecule has 0 saturated carbocycles. The summed E-state index contributed by atoms with van der Waals surface area (Å²) < 4.78 is 10.5. The molecule has 1 unspecified atom stereocenters. The summed E-state index contributed by atoms with van der Waals surface area (Å²) in [4.78, 5) is 38.8. The fourth-order valence-electron chi connectivity index (χ4n) is 3.17. The zero-order chi connectivity index (χ0) is 19.5. The molecule has 1 aliphatic rings. The van der Waals surface area contributed by atoms with E-state index in [4.69, 9.17) is 9.15 Å². The van der Waals surface area contributed by atoms with Crippen LogP contribution < -0.4 is 10.9 Å². The summed E-state index contributed by atoms with van der Waals surface area (Å²) in [7, 11) is 0. The van der Waals surface area contributed by atoms with E-state index in [9.17, 15) is 14.4 Å². The third kappa shape index (κ3) is 3.65. The molecule has 3 aromatic rings. The fraction of sp³-hybridized carbons (Fsp3) is 0.190. The number of morpholine rings is 1. The summed E-state index contributed by atoms with van der Waals surface area (Å²) in [5, 5.41) is 3.28. The van der Waals surface area contributed by atoms with Gasteiger partial charge < -0.3 is 19.4 Å². The molecule has 2 aromatic carbocycles. The van der Waals surface area contributed by atoms with E-state index in [1.54, 1.807) is 24.3 Å². The number of ether oxygens (including phenoxy) is 1. The fourth-order valence-corrected chi connectivity index (χ4v) is 3.17. The van der Waals surface area contributed by atoms with Gasteiger partial charge in [0.1, 0.15) is 23.9 Å². The molecular weight excluding hydrogens is 360 g/mol. The number of benzene rings is 2. The van der Waals surface area contributed by atoms with Crippen LogP contribution in [0.25, 0.3) is 11.0 Å². The first kappa shape index (κ1) is 17.9. The molecule has 1 aliphatic heterocycles. The maximum Gasteiger partial charge on any atom is 0.360 e. The molecule has 1 aromatic heterocycles. The highest BCUT2D eigenvalue weighted by Crippen LogP contribution is 2.18. The van der Waals surface area contributed by atoms with Gasteiger partial charge in [-0.05, 0) is 17.7 Å². The number of para-hydroxylation sites is 1. The molecule has 0 radical (unpaired) electrons. The minimum atomic E-state index is -0.840. The topological polar surface area (TPSA) is 88.9 Å². The Bertz CT molecular complexity index is 1080. The quantitative estimate of drug-likeness (QED) is 0.703. The second kappa shape index (κ2) is 7.66. The lowest BCUT2D eigenvalue weighted by Crippen LogP contribution is -2.54. The SMILES string of the molecule is O=C(Nc1cc2ccccc2oc1=O)C1COCC(=O)N1Cc1ccccc1. The maximum absolute atomic E-state index is 12.8. The first-order valence-corrected chi connectivity index (χ1v) is 8.87. The van der Waals surface area contributed by atoms with Gasteiger partial charge in [-0.2, -0.15) is 0 Å². The Morgan fingerprint density at radius 2 is 1.82 bits per heavy atom. The van der Waals surface area contributed by atoms with E-state index >= 15 is 0 Å². The summed E-state index contributed by atoms with van der Waals surface area (Å²) in [5.74, 6) is -0.771. The summed E-state index contributed by atoms with van der Waals surface area (Å²) in [5.41, 5.74) is 0.722. The molecular formula is C21H18N2O5. The summed E-state index contributed by atoms with van der Waals surface area (Å²) >= 11 is 0. The van der Waals surface area contributed by atoms with Crippen LogP contribution in [-0.2, 0) is 20.9 Å². The molecule has 1 fully saturated rings. The molecule has 0 bridgehead atoms. The van der Waals surface area contributed by atoms with E-state index in [0.29, 0.717) is 11.0 Å². The second-order valence-corrected chi connectivity index (χ2v) is 6.51. The van der Waals surface area contributed by atoms with Crippen LogP contribution in [0.2, 0.25) is 0 Å². The van der Waals surface area contributed by atoms with E-state index < -0.39 is 17.6 Å². The van der Waals surface area contributed by atoms with Crippen LogP contribution in [-0.4, -0.2) is 36.0 Å². The van der Waals surface area contributed by atoms with E-state index in [2.05, 4.69) is 5.32 Å². The van der Waals surface area contributed by atoms with E-state index in [-0.39, 0.29) is 31.4 Å². The van der Waals surface area contributed by atoms with Gasteiger partial charge in [0.15, 0.2) is 0 Å². The van der Waals surface area contributed by atoms with Gasteiger partial charge >= 0.3 is 5.63 Å². The van der Waals surface area contributed by atoms with Crippen LogP contribution in [0.1, 0.15) is 5.56 Å². The van der Waals surface area contributed by atoms with Crippen molar-refractivity contribution in [2.75, 3.05) is 18.5 Å². The Morgan fingerprint density at radius 3 is 2.64 bits per heavy atom. The molecule has 0 aliphatic carbocycles. The predicted octanol–water partition coefficient (Wildman–Crippen LogP) is 2.16. The number of carbonyl (C=O) groups excluding carboxylic acids is 2. The molecule has 0 spiro atoms. The van der Waals surface area contributed by atoms with Crippen molar-refractivity contribution in [1.82, 2.24) is 4.90 Å². The summed E-state index contributed by atoms with van der Waals surface area (Å²) in [6.07, 6.45) is 0. The van der Waals surface area contributed by atoms with E-state index in [0.717, 1.165) is 5.56 Å². The smallest absolute Gasteiger partial charge is 0.360 e. The lowest BCUT2D eigenvalue weighted by molar-refractivity contribution is -0.154. The molecule has 1 N–H and O–H groups in total. The maximum atomic E-state index is 12.8. The zero-order valence-electron chi connectivity index (χ0n) is 15.0. The number of fused-ring (bicyclic) bond motifs is 1. The Kier molecular flexibility index (Phi) is 4.90. The normalized spacial score (nSPS) is 16.9. The number of anilines is 1. The van der Waals surface area contributed by atoms with Crippen LogP contribution in [0.15, 0.2) is 69.9 Å². The molecule has 4 rings (SSSR count). The first-order chi connectivity index (χ1) is 13.6. The van der Waals surface area contributed by atoms with Crippen LogP contribution in [0.4, 0.5) is 5.69 Å². The number of nitrogens with zero attached hydrogens (tertiary/aromatic N) is 1. The first-order valence-electron chi connectivity index (χ1n) is 8.87. The van der Waals surface area contributed by atoms with Crippen molar-refractivity contribution >= 4 is 28.5 Å². The standard InChI is InChI=1S/C21H18N2O5/c24-19-13-27-12-17(23(19)11-14-6-2-1-3-7-14)20(25)22-16-10-15-8-4-5-9-18(15)28-21(16)26/h1-10,17H,11-13H2,(H,22,25). The van der Waals surface area contributed by atoms with Crippen molar-refractivity contribution in [3.05, 3.63) is 76.6 Å². The Labute approximate surface area is 160 Å². The lowest BCUT2D eigenvalue weighted by atomic mass is 10.1. The molecule has 2 heterocycles. The highest BCUT2D eigenvalue weighted by molar-refractivity contribution is 5.98. The minimum absolute atomic E-state index is 0.0291. The van der Waals surface area contributed by atoms with Crippen molar-refractivity contribution < 1.29 is 18.7 Å². The molecule has 142 valence electrons. The van der Waals surface area contributed by atoms with Crippen LogP contribution >= 0.6 is 0 Å². The third-order valence-electron chi connectivity index (χ3n) is 4.60. The van der Waals surface area contributed by atoms with Gasteiger partial charge in [-0.25, -0.2) is 4.79 Å². The van der Waals surface area contributed by atoms with Crippen LogP contribution in [0.5, 0.6) is 0 Å². The number of hydrogen-bond donors (Lipinski definition) is 1. The Balaban J connectivity index is 1.58. The van der Waals surface area contributed by atoms with Crippen molar-refractivity contribution in [3.63, 3.8) is 0 Å². The lowest BCUT2D eigenvalue weighted by Gasteiger charge is -2.34. The number of carbonyl (C=O) groups is 2. The van der Waals surface area contributed by atoms with Gasteiger partial charge in [0, 0.05) is 11.9 Å². The molecule has 1 saturated heterocycles. The van der Waals surface area contributed by atoms with Crippen molar-refractivity contribution in [3.8, 4) is 0 Å². The highest BCUT2D eigenvalue weighted by Gasteiger charge is 2.34. The largest absolute Gasteiger partial charge is 0.421 e. The van der Waals surface area contributed by atoms with Gasteiger partial charge in [0.25, 0.3) is 0 Å². The number of rotatable bonds is 4. The third-order valence-corrected chi connectivity index (χ3v) is 4.60. The average Bonchev–Trinajstić information content (AvgIpc) is 2.71. The van der Waals surface area contributed by atoms with E-state index in [1.165, 1.54) is 4.90 Å². The zero-order valence-corrected chi connectivity index (χ0v) is 15.0. The van der Waals surface area contributed by atoms with Crippen LogP contribution in [0, 0.1) is 0 Å². The van der Waals surface area contributed by atoms with Crippen molar-refractivity contribution in [1.29, 1.82) is 0 Å². The Hall–Kier alpha value is -3.45. The van der Waals surface area contributed by atoms with E-state index in [1.807, 2.05) is 36.4 Å². The molecule has 28 heavy (non-hydrogen) atoms. The molecule has 7 heteroatoms. The van der Waals surface area contributed by atoms with Gasteiger partial charge in [-0.3, -0.25) is 9.59 Å². The number of hydrogen-bond acceptors (Lipinski definition) is 5. The number of nitrogens with one attached hydrogen (secondary N) is 1. The highest BCUT2D eigenvalue weighted by atomic mass is 16.5. The molecule has 1 atom stereocenters. The molecule has 7 nitrogen and oxygen atoms in total. The second-order valence-electron chi connectivity index (χ2n) is 6.51. The van der Waals surface area contributed by atoms with Gasteiger partial charge in [0.2, 0.25) is 11.8 Å². The predicted molar refractivity (Wildman–Crippen MR) is 103 cm³/mol. The summed E-state index contributed by atoms with van der Waals surface area (Å²) in [6, 6.07) is 17.1. The minimum Gasteiger partial charge on any atom is -0.421 e. The van der Waals surface area contributed by atoms with Gasteiger partial charge in [-0.15, -0.1) is 0 Å². The van der Waals surface area contributed by atoms with Crippen LogP contribution in [0.3, 0.4) is 0 Å².